The van der Waals surface area contributed by atoms with Crippen LogP contribution in [0.1, 0.15) is 13.3 Å². The van der Waals surface area contributed by atoms with Gasteiger partial charge < -0.3 is 5.32 Å². The average Bonchev–Trinajstić information content (AvgIpc) is 2.55. The van der Waals surface area contributed by atoms with E-state index in [1.54, 1.807) is 6.92 Å². The van der Waals surface area contributed by atoms with E-state index in [9.17, 15) is 18.5 Å². The van der Waals surface area contributed by atoms with Gasteiger partial charge in [0.25, 0.3) is 0 Å². The van der Waals surface area contributed by atoms with Crippen LogP contribution >= 0.6 is 15.9 Å². The van der Waals surface area contributed by atoms with Crippen molar-refractivity contribution in [2.75, 3.05) is 16.8 Å². The highest BCUT2D eigenvalue weighted by Gasteiger charge is 2.39. The lowest BCUT2D eigenvalue weighted by Gasteiger charge is -2.24. The molecule has 1 aliphatic heterocycles. The first kappa shape index (κ1) is 14.2. The summed E-state index contributed by atoms with van der Waals surface area (Å²) in [5, 5.41) is 13.9. The van der Waals surface area contributed by atoms with Gasteiger partial charge in [0.1, 0.15) is 0 Å². The van der Waals surface area contributed by atoms with Gasteiger partial charge in [-0.25, -0.2) is 13.4 Å². The molecule has 0 aliphatic carbocycles. The molecule has 7 nitrogen and oxygen atoms in total. The number of pyridine rings is 1. The Bertz CT molecular complexity index is 634. The first-order chi connectivity index (χ1) is 8.71. The van der Waals surface area contributed by atoms with Gasteiger partial charge in [0, 0.05) is 16.7 Å². The highest BCUT2D eigenvalue weighted by Crippen LogP contribution is 2.32. The van der Waals surface area contributed by atoms with Gasteiger partial charge in [-0.2, -0.15) is 0 Å². The molecule has 104 valence electrons. The lowest BCUT2D eigenvalue weighted by molar-refractivity contribution is -0.384. The molecule has 1 fully saturated rings. The minimum Gasteiger partial charge on any atom is -0.358 e. The highest BCUT2D eigenvalue weighted by atomic mass is 79.9. The van der Waals surface area contributed by atoms with Crippen LogP contribution in [0.3, 0.4) is 0 Å². The van der Waals surface area contributed by atoms with Crippen molar-refractivity contribution in [3.8, 4) is 0 Å². The zero-order valence-corrected chi connectivity index (χ0v) is 12.5. The molecule has 0 bridgehead atoms. The number of sulfone groups is 1. The number of hydrogen-bond donors (Lipinski definition) is 1. The van der Waals surface area contributed by atoms with Crippen LogP contribution in [0.2, 0.25) is 0 Å². The number of rotatable bonds is 3. The predicted octanol–water partition coefficient (Wildman–Crippen LogP) is 1.74. The number of nitrogens with one attached hydrogen (secondary N) is 1. The topological polar surface area (TPSA) is 102 Å². The molecule has 2 rings (SSSR count). The predicted molar refractivity (Wildman–Crippen MR) is 73.9 cm³/mol. The fourth-order valence-electron chi connectivity index (χ4n) is 2.06. The van der Waals surface area contributed by atoms with Gasteiger partial charge in [0.2, 0.25) is 5.82 Å². The molecule has 1 atom stereocenters. The van der Waals surface area contributed by atoms with Crippen LogP contribution in [0.25, 0.3) is 0 Å². The van der Waals surface area contributed by atoms with Crippen LogP contribution in [0.15, 0.2) is 16.7 Å². The summed E-state index contributed by atoms with van der Waals surface area (Å²) in [6, 6.07) is 1.34. The first-order valence-corrected chi connectivity index (χ1v) is 8.11. The highest BCUT2D eigenvalue weighted by molar-refractivity contribution is 9.10. The summed E-state index contributed by atoms with van der Waals surface area (Å²) in [7, 11) is -3.08. The summed E-state index contributed by atoms with van der Waals surface area (Å²) in [6.07, 6.45) is 1.84. The minimum absolute atomic E-state index is 0.0467. The fourth-order valence-corrected chi connectivity index (χ4v) is 4.47. The Labute approximate surface area is 118 Å². The summed E-state index contributed by atoms with van der Waals surface area (Å²) in [6.45, 7) is 1.73. The van der Waals surface area contributed by atoms with Crippen LogP contribution in [-0.4, -0.2) is 35.4 Å². The Morgan fingerprint density at radius 3 is 2.79 bits per heavy atom. The Hall–Kier alpha value is -1.22. The van der Waals surface area contributed by atoms with Crippen LogP contribution in [0.5, 0.6) is 0 Å². The van der Waals surface area contributed by atoms with Gasteiger partial charge >= 0.3 is 5.69 Å². The second-order valence-corrected chi connectivity index (χ2v) is 7.91. The van der Waals surface area contributed by atoms with Crippen molar-refractivity contribution >= 4 is 37.3 Å². The quantitative estimate of drug-likeness (QED) is 0.658. The van der Waals surface area contributed by atoms with E-state index in [-0.39, 0.29) is 23.0 Å². The zero-order valence-electron chi connectivity index (χ0n) is 10.1. The Morgan fingerprint density at radius 1 is 1.58 bits per heavy atom. The summed E-state index contributed by atoms with van der Waals surface area (Å²) in [5.74, 6) is 0.128. The molecule has 2 heterocycles. The van der Waals surface area contributed by atoms with E-state index in [1.165, 1.54) is 12.3 Å². The number of aromatic nitrogens is 1. The molecule has 1 aliphatic rings. The molecule has 9 heteroatoms. The molecule has 1 unspecified atom stereocenters. The third-order valence-corrected chi connectivity index (χ3v) is 5.29. The normalized spacial score (nSPS) is 25.2. The maximum absolute atomic E-state index is 11.5. The van der Waals surface area contributed by atoms with E-state index in [0.29, 0.717) is 10.9 Å². The Morgan fingerprint density at radius 2 is 2.26 bits per heavy atom. The molecular formula is C10H12BrN3O4S. The third kappa shape index (κ3) is 3.21. The standard InChI is InChI=1S/C10H12BrN3O4S/c1-10(2-3-19(17,18)6-10)13-9-8(14(15)16)4-7(11)5-12-9/h4-5H,2-3,6H2,1H3,(H,12,13). The fraction of sp³-hybridized carbons (Fsp3) is 0.500. The smallest absolute Gasteiger partial charge is 0.312 e. The SMILES string of the molecule is CC1(Nc2ncc(Br)cc2[N+](=O)[O-])CCS(=O)(=O)C1. The monoisotopic (exact) mass is 349 g/mol. The van der Waals surface area contributed by atoms with Gasteiger partial charge in [0.15, 0.2) is 9.84 Å². The number of anilines is 1. The number of hydrogen-bond acceptors (Lipinski definition) is 6. The van der Waals surface area contributed by atoms with Gasteiger partial charge in [0.05, 0.1) is 22.0 Å². The molecule has 19 heavy (non-hydrogen) atoms. The third-order valence-electron chi connectivity index (χ3n) is 2.95. The average molecular weight is 350 g/mol. The van der Waals surface area contributed by atoms with E-state index in [4.69, 9.17) is 0 Å². The molecule has 0 radical (unpaired) electrons. The summed E-state index contributed by atoms with van der Waals surface area (Å²) in [4.78, 5) is 14.4. The van der Waals surface area contributed by atoms with E-state index >= 15 is 0 Å². The lowest BCUT2D eigenvalue weighted by atomic mass is 10.0. The second kappa shape index (κ2) is 4.71. The summed E-state index contributed by atoms with van der Waals surface area (Å²) >= 11 is 3.12. The molecule has 0 aromatic carbocycles. The molecule has 1 N–H and O–H groups in total. The zero-order chi connectivity index (χ0) is 14.3. The summed E-state index contributed by atoms with van der Waals surface area (Å²) in [5.41, 5.74) is -0.898. The van der Waals surface area contributed by atoms with Crippen molar-refractivity contribution in [2.45, 2.75) is 18.9 Å². The molecular weight excluding hydrogens is 338 g/mol. The Balaban J connectivity index is 2.32. The molecule has 0 amide bonds. The lowest BCUT2D eigenvalue weighted by Crippen LogP contribution is -2.36. The first-order valence-electron chi connectivity index (χ1n) is 5.49. The van der Waals surface area contributed by atoms with Crippen LogP contribution in [-0.2, 0) is 9.84 Å². The van der Waals surface area contributed by atoms with Crippen molar-refractivity contribution in [2.24, 2.45) is 0 Å². The van der Waals surface area contributed by atoms with E-state index < -0.39 is 20.3 Å². The van der Waals surface area contributed by atoms with Gasteiger partial charge in [-0.15, -0.1) is 0 Å². The van der Waals surface area contributed by atoms with E-state index in [0.717, 1.165) is 0 Å². The molecule has 1 aromatic rings. The van der Waals surface area contributed by atoms with Crippen molar-refractivity contribution in [3.63, 3.8) is 0 Å². The van der Waals surface area contributed by atoms with Gasteiger partial charge in [-0.05, 0) is 29.3 Å². The van der Waals surface area contributed by atoms with Gasteiger partial charge in [-0.3, -0.25) is 10.1 Å². The van der Waals surface area contributed by atoms with E-state index in [1.807, 2.05) is 0 Å². The largest absolute Gasteiger partial charge is 0.358 e. The summed E-state index contributed by atoms with van der Waals surface area (Å²) < 4.78 is 23.5. The van der Waals surface area contributed by atoms with Crippen molar-refractivity contribution in [1.82, 2.24) is 4.98 Å². The number of halogens is 1. The van der Waals surface area contributed by atoms with Crippen molar-refractivity contribution < 1.29 is 13.3 Å². The van der Waals surface area contributed by atoms with Gasteiger partial charge in [-0.1, -0.05) is 0 Å². The van der Waals surface area contributed by atoms with Crippen LogP contribution < -0.4 is 5.32 Å². The number of nitro groups is 1. The van der Waals surface area contributed by atoms with E-state index in [2.05, 4.69) is 26.2 Å². The maximum atomic E-state index is 11.5. The molecule has 0 saturated carbocycles. The molecule has 1 aromatic heterocycles. The van der Waals surface area contributed by atoms with Crippen LogP contribution in [0, 0.1) is 10.1 Å². The molecule has 1 saturated heterocycles. The number of nitrogens with zero attached hydrogens (tertiary/aromatic N) is 2. The molecule has 0 spiro atoms. The second-order valence-electron chi connectivity index (χ2n) is 4.81. The Kier molecular flexibility index (Phi) is 3.52. The van der Waals surface area contributed by atoms with Crippen molar-refractivity contribution in [3.05, 3.63) is 26.9 Å². The van der Waals surface area contributed by atoms with Crippen molar-refractivity contribution in [1.29, 1.82) is 0 Å². The minimum atomic E-state index is -3.08. The maximum Gasteiger partial charge on any atom is 0.312 e. The van der Waals surface area contributed by atoms with Crippen LogP contribution in [0.4, 0.5) is 11.5 Å².